The van der Waals surface area contributed by atoms with Crippen LogP contribution in [0.4, 0.5) is 17.5 Å². The molecule has 0 aliphatic carbocycles. The highest BCUT2D eigenvalue weighted by Crippen LogP contribution is 2.25. The van der Waals surface area contributed by atoms with Gasteiger partial charge in [-0.15, -0.1) is 0 Å². The Morgan fingerprint density at radius 3 is 2.39 bits per heavy atom. The van der Waals surface area contributed by atoms with Gasteiger partial charge in [0, 0.05) is 50.2 Å². The number of hydrogen-bond donors (Lipinski definition) is 0. The Hall–Kier alpha value is -2.14. The second-order valence-corrected chi connectivity index (χ2v) is 6.04. The number of likely N-dealkylation sites (N-methyl/N-ethyl adjacent to an activating group) is 1. The molecule has 0 saturated carbocycles. The van der Waals surface area contributed by atoms with Gasteiger partial charge in [0.15, 0.2) is 0 Å². The Bertz CT molecular complexity index is 635. The van der Waals surface area contributed by atoms with E-state index in [0.717, 1.165) is 55.9 Å². The molecule has 122 valence electrons. The molecule has 0 spiro atoms. The Morgan fingerprint density at radius 1 is 1.04 bits per heavy atom. The van der Waals surface area contributed by atoms with E-state index in [9.17, 15) is 0 Å². The predicted octanol–water partition coefficient (Wildman–Crippen LogP) is 2.69. The summed E-state index contributed by atoms with van der Waals surface area (Å²) in [5.41, 5.74) is 2.18. The molecule has 3 rings (SSSR count). The Labute approximate surface area is 138 Å². The van der Waals surface area contributed by atoms with E-state index >= 15 is 0 Å². The first kappa shape index (κ1) is 15.7. The van der Waals surface area contributed by atoms with Crippen LogP contribution in [0.3, 0.4) is 0 Å². The van der Waals surface area contributed by atoms with Crippen molar-refractivity contribution in [2.45, 2.75) is 13.8 Å². The van der Waals surface area contributed by atoms with E-state index in [1.54, 1.807) is 0 Å². The minimum Gasteiger partial charge on any atom is -0.338 e. The molecule has 0 amide bonds. The highest BCUT2D eigenvalue weighted by molar-refractivity contribution is 5.61. The lowest BCUT2D eigenvalue weighted by molar-refractivity contribution is 0.311. The molecule has 2 heterocycles. The van der Waals surface area contributed by atoms with E-state index in [-0.39, 0.29) is 0 Å². The summed E-state index contributed by atoms with van der Waals surface area (Å²) in [5.74, 6) is 1.82. The standard InChI is InChI=1S/C18H25N5/c1-4-23(16-8-6-5-7-9-16)17-14-15(2)19-18(20-17)22-12-10-21(3)11-13-22/h5-9,14H,4,10-13H2,1-3H3. The van der Waals surface area contributed by atoms with E-state index in [0.29, 0.717) is 0 Å². The van der Waals surface area contributed by atoms with E-state index in [4.69, 9.17) is 4.98 Å². The first-order chi connectivity index (χ1) is 11.2. The lowest BCUT2D eigenvalue weighted by atomic mass is 10.2. The maximum Gasteiger partial charge on any atom is 0.227 e. The summed E-state index contributed by atoms with van der Waals surface area (Å²) in [4.78, 5) is 16.4. The largest absolute Gasteiger partial charge is 0.338 e. The van der Waals surface area contributed by atoms with Crippen molar-refractivity contribution in [1.82, 2.24) is 14.9 Å². The van der Waals surface area contributed by atoms with Gasteiger partial charge in [0.1, 0.15) is 5.82 Å². The zero-order valence-corrected chi connectivity index (χ0v) is 14.2. The minimum absolute atomic E-state index is 0.850. The van der Waals surface area contributed by atoms with Gasteiger partial charge < -0.3 is 14.7 Å². The van der Waals surface area contributed by atoms with Crippen molar-refractivity contribution in [2.75, 3.05) is 49.6 Å². The van der Waals surface area contributed by atoms with Crippen molar-refractivity contribution in [3.05, 3.63) is 42.1 Å². The summed E-state index contributed by atoms with van der Waals surface area (Å²) in [6.45, 7) is 9.16. The number of aromatic nitrogens is 2. The number of hydrogen-bond acceptors (Lipinski definition) is 5. The van der Waals surface area contributed by atoms with Crippen LogP contribution in [0.1, 0.15) is 12.6 Å². The van der Waals surface area contributed by atoms with Crippen molar-refractivity contribution < 1.29 is 0 Å². The molecular weight excluding hydrogens is 286 g/mol. The smallest absolute Gasteiger partial charge is 0.227 e. The quantitative estimate of drug-likeness (QED) is 0.867. The van der Waals surface area contributed by atoms with Crippen LogP contribution in [0, 0.1) is 6.92 Å². The lowest BCUT2D eigenvalue weighted by Gasteiger charge is -2.33. The van der Waals surface area contributed by atoms with Crippen LogP contribution in [-0.2, 0) is 0 Å². The number of nitrogens with zero attached hydrogens (tertiary/aromatic N) is 5. The zero-order chi connectivity index (χ0) is 16.2. The third-order valence-corrected chi connectivity index (χ3v) is 4.28. The fraction of sp³-hybridized carbons (Fsp3) is 0.444. The fourth-order valence-corrected chi connectivity index (χ4v) is 2.91. The molecule has 0 N–H and O–H groups in total. The third-order valence-electron chi connectivity index (χ3n) is 4.28. The van der Waals surface area contributed by atoms with Crippen LogP contribution >= 0.6 is 0 Å². The molecule has 1 aliphatic rings. The van der Waals surface area contributed by atoms with Crippen LogP contribution in [0.25, 0.3) is 0 Å². The molecule has 1 saturated heterocycles. The molecule has 1 fully saturated rings. The first-order valence-corrected chi connectivity index (χ1v) is 8.29. The van der Waals surface area contributed by atoms with Crippen LogP contribution in [0.15, 0.2) is 36.4 Å². The van der Waals surface area contributed by atoms with Crippen molar-refractivity contribution in [3.63, 3.8) is 0 Å². The Balaban J connectivity index is 1.90. The number of rotatable bonds is 4. The van der Waals surface area contributed by atoms with Crippen molar-refractivity contribution in [1.29, 1.82) is 0 Å². The van der Waals surface area contributed by atoms with Gasteiger partial charge in [0.2, 0.25) is 5.95 Å². The van der Waals surface area contributed by atoms with Crippen LogP contribution in [0.5, 0.6) is 0 Å². The minimum atomic E-state index is 0.850. The van der Waals surface area contributed by atoms with Gasteiger partial charge in [0.05, 0.1) is 0 Å². The fourth-order valence-electron chi connectivity index (χ4n) is 2.91. The van der Waals surface area contributed by atoms with Crippen molar-refractivity contribution >= 4 is 17.5 Å². The molecule has 1 aliphatic heterocycles. The molecule has 5 heteroatoms. The van der Waals surface area contributed by atoms with Gasteiger partial charge in [-0.3, -0.25) is 0 Å². The highest BCUT2D eigenvalue weighted by Gasteiger charge is 2.19. The molecule has 0 unspecified atom stereocenters. The predicted molar refractivity (Wildman–Crippen MR) is 95.6 cm³/mol. The Morgan fingerprint density at radius 2 is 1.74 bits per heavy atom. The van der Waals surface area contributed by atoms with Crippen LogP contribution < -0.4 is 9.80 Å². The molecule has 0 atom stereocenters. The Kier molecular flexibility index (Phi) is 4.76. The van der Waals surface area contributed by atoms with Gasteiger partial charge >= 0.3 is 0 Å². The SMILES string of the molecule is CCN(c1ccccc1)c1cc(C)nc(N2CCN(C)CC2)n1. The van der Waals surface area contributed by atoms with Gasteiger partial charge in [-0.2, -0.15) is 4.98 Å². The van der Waals surface area contributed by atoms with Crippen molar-refractivity contribution in [3.8, 4) is 0 Å². The average Bonchev–Trinajstić information content (AvgIpc) is 2.57. The van der Waals surface area contributed by atoms with E-state index < -0.39 is 0 Å². The van der Waals surface area contributed by atoms with E-state index in [1.807, 2.05) is 13.0 Å². The number of aryl methyl sites for hydroxylation is 1. The summed E-state index contributed by atoms with van der Waals surface area (Å²) in [5, 5.41) is 0. The van der Waals surface area contributed by atoms with Crippen LogP contribution in [-0.4, -0.2) is 54.6 Å². The second kappa shape index (κ2) is 6.96. The monoisotopic (exact) mass is 311 g/mol. The summed E-state index contributed by atoms with van der Waals surface area (Å²) in [6.07, 6.45) is 0. The summed E-state index contributed by atoms with van der Waals surface area (Å²) in [6, 6.07) is 12.5. The molecule has 2 aromatic rings. The number of anilines is 3. The molecule has 5 nitrogen and oxygen atoms in total. The second-order valence-electron chi connectivity index (χ2n) is 6.04. The molecule has 23 heavy (non-hydrogen) atoms. The maximum absolute atomic E-state index is 4.85. The topological polar surface area (TPSA) is 35.5 Å². The normalized spacial score (nSPS) is 15.7. The summed E-state index contributed by atoms with van der Waals surface area (Å²) >= 11 is 0. The highest BCUT2D eigenvalue weighted by atomic mass is 15.3. The maximum atomic E-state index is 4.85. The number of benzene rings is 1. The average molecular weight is 311 g/mol. The van der Waals surface area contributed by atoms with Gasteiger partial charge in [0.25, 0.3) is 0 Å². The molecular formula is C18H25N5. The van der Waals surface area contributed by atoms with Gasteiger partial charge in [-0.05, 0) is 33.0 Å². The van der Waals surface area contributed by atoms with E-state index in [1.165, 1.54) is 0 Å². The van der Waals surface area contributed by atoms with E-state index in [2.05, 4.69) is 64.0 Å². The van der Waals surface area contributed by atoms with Crippen molar-refractivity contribution in [2.24, 2.45) is 0 Å². The molecule has 0 bridgehead atoms. The number of para-hydroxylation sites is 1. The third kappa shape index (κ3) is 3.62. The van der Waals surface area contributed by atoms with Gasteiger partial charge in [-0.25, -0.2) is 4.98 Å². The van der Waals surface area contributed by atoms with Gasteiger partial charge in [-0.1, -0.05) is 18.2 Å². The number of piperazine rings is 1. The van der Waals surface area contributed by atoms with Crippen LogP contribution in [0.2, 0.25) is 0 Å². The molecule has 1 aromatic carbocycles. The summed E-state index contributed by atoms with van der Waals surface area (Å²) in [7, 11) is 2.16. The molecule has 0 radical (unpaired) electrons. The summed E-state index contributed by atoms with van der Waals surface area (Å²) < 4.78 is 0. The molecule has 1 aromatic heterocycles. The lowest BCUT2D eigenvalue weighted by Crippen LogP contribution is -2.45. The first-order valence-electron chi connectivity index (χ1n) is 8.29. The zero-order valence-electron chi connectivity index (χ0n) is 14.2.